The minimum absolute atomic E-state index is 0.281. The Balaban J connectivity index is 1.90. The normalized spacial score (nSPS) is 18.2. The number of aryl methyl sites for hydroxylation is 1. The Bertz CT molecular complexity index is 636. The summed E-state index contributed by atoms with van der Waals surface area (Å²) in [4.78, 5) is 15.7. The highest BCUT2D eigenvalue weighted by Crippen LogP contribution is 2.23. The molecule has 0 aromatic carbocycles. The second-order valence-corrected chi connectivity index (χ2v) is 5.63. The van der Waals surface area contributed by atoms with Gasteiger partial charge in [-0.15, -0.1) is 0 Å². The molecule has 0 saturated carbocycles. The van der Waals surface area contributed by atoms with E-state index in [1.165, 1.54) is 0 Å². The molecule has 2 aromatic rings. The molecule has 0 radical (unpaired) electrons. The molecule has 6 heteroatoms. The monoisotopic (exact) mass is 314 g/mol. The number of ether oxygens (including phenoxy) is 2. The summed E-state index contributed by atoms with van der Waals surface area (Å²) in [5.74, 6) is 1.69. The van der Waals surface area contributed by atoms with Crippen molar-refractivity contribution in [2.75, 3.05) is 38.4 Å². The molecule has 6 nitrogen and oxygen atoms in total. The van der Waals surface area contributed by atoms with Gasteiger partial charge in [0.15, 0.2) is 5.82 Å². The molecule has 122 valence electrons. The summed E-state index contributed by atoms with van der Waals surface area (Å²) in [7, 11) is 1.73. The molecule has 0 bridgehead atoms. The van der Waals surface area contributed by atoms with E-state index in [9.17, 15) is 0 Å². The van der Waals surface area contributed by atoms with Crippen molar-refractivity contribution >= 4 is 5.82 Å². The van der Waals surface area contributed by atoms with E-state index >= 15 is 0 Å². The Morgan fingerprint density at radius 3 is 2.91 bits per heavy atom. The van der Waals surface area contributed by atoms with Crippen LogP contribution in [0.15, 0.2) is 30.6 Å². The Hall–Kier alpha value is -2.05. The van der Waals surface area contributed by atoms with Crippen LogP contribution in [0.3, 0.4) is 0 Å². The zero-order chi connectivity index (χ0) is 16.1. The molecule has 1 aliphatic rings. The molecule has 0 amide bonds. The van der Waals surface area contributed by atoms with Gasteiger partial charge in [-0.1, -0.05) is 0 Å². The lowest BCUT2D eigenvalue weighted by molar-refractivity contribution is 0.0794. The first-order valence-corrected chi connectivity index (χ1v) is 7.87. The lowest BCUT2D eigenvalue weighted by Crippen LogP contribution is -2.46. The molecule has 0 aliphatic carbocycles. The number of methoxy groups -OCH3 is 1. The highest BCUT2D eigenvalue weighted by atomic mass is 16.5. The maximum absolute atomic E-state index is 5.63. The molecule has 0 unspecified atom stereocenters. The third kappa shape index (κ3) is 3.83. The highest BCUT2D eigenvalue weighted by Gasteiger charge is 2.24. The summed E-state index contributed by atoms with van der Waals surface area (Å²) in [5, 5.41) is 0. The van der Waals surface area contributed by atoms with Gasteiger partial charge >= 0.3 is 0 Å². The molecule has 2 aromatic heterocycles. The fraction of sp³-hybridized carbons (Fsp3) is 0.471. The maximum Gasteiger partial charge on any atom is 0.161 e. The first-order valence-electron chi connectivity index (χ1n) is 7.87. The van der Waals surface area contributed by atoms with Gasteiger partial charge in [-0.3, -0.25) is 4.98 Å². The molecule has 0 N–H and O–H groups in total. The molecule has 1 fully saturated rings. The lowest BCUT2D eigenvalue weighted by Gasteiger charge is -2.36. The second kappa shape index (κ2) is 7.48. The zero-order valence-electron chi connectivity index (χ0n) is 13.6. The van der Waals surface area contributed by atoms with Crippen LogP contribution in [-0.2, 0) is 9.47 Å². The Kier molecular flexibility index (Phi) is 5.15. The summed E-state index contributed by atoms with van der Waals surface area (Å²) in [6.07, 6.45) is 4.44. The average molecular weight is 314 g/mol. The molecular weight excluding hydrogens is 292 g/mol. The molecule has 0 spiro atoms. The SMILES string of the molecule is COCC[C@H]1COCCN1c1cc(C)nc(-c2ccncc2)n1. The molecule has 1 atom stereocenters. The van der Waals surface area contributed by atoms with E-state index in [0.29, 0.717) is 13.2 Å². The van der Waals surface area contributed by atoms with E-state index in [-0.39, 0.29) is 6.04 Å². The first kappa shape index (κ1) is 15.8. The van der Waals surface area contributed by atoms with Crippen molar-refractivity contribution in [1.82, 2.24) is 15.0 Å². The standard InChI is InChI=1S/C17H22N4O2/c1-13-11-16(20-17(19-13)14-3-6-18-7-4-14)21-8-10-23-12-15(21)5-9-22-2/h3-4,6-7,11,15H,5,8-10,12H2,1-2H3/t15-/m0/s1. The molecule has 3 rings (SSSR count). The van der Waals surface area contributed by atoms with Crippen molar-refractivity contribution in [3.8, 4) is 11.4 Å². The van der Waals surface area contributed by atoms with Crippen LogP contribution >= 0.6 is 0 Å². The summed E-state index contributed by atoms with van der Waals surface area (Å²) in [6.45, 7) is 4.97. The van der Waals surface area contributed by atoms with Gasteiger partial charge in [0.25, 0.3) is 0 Å². The number of pyridine rings is 1. The Labute approximate surface area is 136 Å². The van der Waals surface area contributed by atoms with Crippen molar-refractivity contribution in [2.24, 2.45) is 0 Å². The van der Waals surface area contributed by atoms with E-state index in [1.807, 2.05) is 25.1 Å². The second-order valence-electron chi connectivity index (χ2n) is 5.63. The van der Waals surface area contributed by atoms with Crippen LogP contribution in [0.5, 0.6) is 0 Å². The number of anilines is 1. The molecule has 1 saturated heterocycles. The predicted octanol–water partition coefficient (Wildman–Crippen LogP) is 2.09. The molecule has 1 aliphatic heterocycles. The van der Waals surface area contributed by atoms with Crippen LogP contribution in [0.4, 0.5) is 5.82 Å². The largest absolute Gasteiger partial charge is 0.385 e. The van der Waals surface area contributed by atoms with Crippen LogP contribution in [0.2, 0.25) is 0 Å². The first-order chi connectivity index (χ1) is 11.3. The van der Waals surface area contributed by atoms with Gasteiger partial charge < -0.3 is 14.4 Å². The fourth-order valence-electron chi connectivity index (χ4n) is 2.78. The maximum atomic E-state index is 5.63. The van der Waals surface area contributed by atoms with Crippen molar-refractivity contribution in [1.29, 1.82) is 0 Å². The third-order valence-electron chi connectivity index (χ3n) is 3.96. The smallest absolute Gasteiger partial charge is 0.161 e. The van der Waals surface area contributed by atoms with E-state index < -0.39 is 0 Å². The summed E-state index contributed by atoms with van der Waals surface area (Å²) < 4.78 is 10.9. The Morgan fingerprint density at radius 2 is 2.13 bits per heavy atom. The summed E-state index contributed by atoms with van der Waals surface area (Å²) >= 11 is 0. The van der Waals surface area contributed by atoms with Gasteiger partial charge in [-0.25, -0.2) is 9.97 Å². The minimum Gasteiger partial charge on any atom is -0.385 e. The quantitative estimate of drug-likeness (QED) is 0.842. The van der Waals surface area contributed by atoms with Gasteiger partial charge in [0.1, 0.15) is 5.82 Å². The number of nitrogens with zero attached hydrogens (tertiary/aromatic N) is 4. The Morgan fingerprint density at radius 1 is 1.30 bits per heavy atom. The lowest BCUT2D eigenvalue weighted by atomic mass is 10.1. The zero-order valence-corrected chi connectivity index (χ0v) is 13.6. The van der Waals surface area contributed by atoms with Crippen LogP contribution in [0, 0.1) is 6.92 Å². The van der Waals surface area contributed by atoms with Crippen LogP contribution in [-0.4, -0.2) is 54.5 Å². The van der Waals surface area contributed by atoms with Crippen molar-refractivity contribution < 1.29 is 9.47 Å². The minimum atomic E-state index is 0.281. The van der Waals surface area contributed by atoms with E-state index in [2.05, 4.69) is 14.9 Å². The predicted molar refractivity (Wildman–Crippen MR) is 88.4 cm³/mol. The van der Waals surface area contributed by atoms with Crippen molar-refractivity contribution in [3.63, 3.8) is 0 Å². The van der Waals surface area contributed by atoms with E-state index in [0.717, 1.165) is 42.5 Å². The average Bonchev–Trinajstić information content (AvgIpc) is 2.60. The summed E-state index contributed by atoms with van der Waals surface area (Å²) in [5.41, 5.74) is 1.94. The van der Waals surface area contributed by atoms with Gasteiger partial charge in [-0.2, -0.15) is 0 Å². The van der Waals surface area contributed by atoms with Gasteiger partial charge in [0.05, 0.1) is 19.3 Å². The molecule has 3 heterocycles. The van der Waals surface area contributed by atoms with Crippen molar-refractivity contribution in [2.45, 2.75) is 19.4 Å². The number of hydrogen-bond donors (Lipinski definition) is 0. The highest BCUT2D eigenvalue weighted by molar-refractivity contribution is 5.57. The van der Waals surface area contributed by atoms with Gasteiger partial charge in [0, 0.05) is 50.0 Å². The van der Waals surface area contributed by atoms with Gasteiger partial charge in [0.2, 0.25) is 0 Å². The molecular formula is C17H22N4O2. The third-order valence-corrected chi connectivity index (χ3v) is 3.96. The fourth-order valence-corrected chi connectivity index (χ4v) is 2.78. The number of aromatic nitrogens is 3. The topological polar surface area (TPSA) is 60.4 Å². The van der Waals surface area contributed by atoms with Crippen molar-refractivity contribution in [3.05, 3.63) is 36.3 Å². The van der Waals surface area contributed by atoms with E-state index in [1.54, 1.807) is 19.5 Å². The molecule has 23 heavy (non-hydrogen) atoms. The van der Waals surface area contributed by atoms with Crippen LogP contribution in [0.1, 0.15) is 12.1 Å². The van der Waals surface area contributed by atoms with Gasteiger partial charge in [-0.05, 0) is 25.5 Å². The number of morpholine rings is 1. The number of hydrogen-bond acceptors (Lipinski definition) is 6. The van der Waals surface area contributed by atoms with Crippen LogP contribution < -0.4 is 4.90 Å². The van der Waals surface area contributed by atoms with Crippen LogP contribution in [0.25, 0.3) is 11.4 Å². The summed E-state index contributed by atoms with van der Waals surface area (Å²) in [6, 6.07) is 6.18. The number of rotatable bonds is 5. The van der Waals surface area contributed by atoms with E-state index in [4.69, 9.17) is 14.5 Å².